The maximum Gasteiger partial charge on any atom is 0.256 e. The van der Waals surface area contributed by atoms with Gasteiger partial charge in [0.15, 0.2) is 0 Å². The molecule has 1 aromatic carbocycles. The topological polar surface area (TPSA) is 49.4 Å². The molecule has 1 aliphatic heterocycles. The number of hydrogen-bond acceptors (Lipinski definition) is 2. The Kier molecular flexibility index (Phi) is 4.79. The number of benzene rings is 1. The van der Waals surface area contributed by atoms with Crippen molar-refractivity contribution in [1.29, 1.82) is 0 Å². The monoisotopic (exact) mass is 312 g/mol. The minimum absolute atomic E-state index is 0.0115. The van der Waals surface area contributed by atoms with Gasteiger partial charge in [0.05, 0.1) is 11.3 Å². The summed E-state index contributed by atoms with van der Waals surface area (Å²) in [5.74, 6) is 0.358. The van der Waals surface area contributed by atoms with Crippen molar-refractivity contribution >= 4 is 17.5 Å². The Hall–Kier alpha value is -2.10. The van der Waals surface area contributed by atoms with Crippen molar-refractivity contribution in [1.82, 2.24) is 4.90 Å². The summed E-state index contributed by atoms with van der Waals surface area (Å²) in [5, 5.41) is 2.96. The van der Waals surface area contributed by atoms with Crippen LogP contribution in [0.1, 0.15) is 48.0 Å². The first-order valence-corrected chi connectivity index (χ1v) is 8.50. The van der Waals surface area contributed by atoms with Crippen molar-refractivity contribution in [2.45, 2.75) is 39.0 Å². The molecule has 0 radical (unpaired) electrons. The van der Waals surface area contributed by atoms with Gasteiger partial charge < -0.3 is 10.2 Å². The molecule has 2 aliphatic rings. The summed E-state index contributed by atoms with van der Waals surface area (Å²) in [5.41, 5.74) is 2.21. The van der Waals surface area contributed by atoms with Gasteiger partial charge in [-0.05, 0) is 50.2 Å². The van der Waals surface area contributed by atoms with Crippen LogP contribution < -0.4 is 5.32 Å². The third-order valence-corrected chi connectivity index (χ3v) is 4.71. The number of rotatable bonds is 4. The van der Waals surface area contributed by atoms with Crippen molar-refractivity contribution in [3.8, 4) is 0 Å². The molecule has 4 heteroatoms. The van der Waals surface area contributed by atoms with Crippen LogP contribution in [0.2, 0.25) is 0 Å². The molecule has 1 atom stereocenters. The van der Waals surface area contributed by atoms with Crippen molar-refractivity contribution in [2.24, 2.45) is 5.92 Å². The zero-order valence-electron chi connectivity index (χ0n) is 13.7. The molecule has 1 fully saturated rings. The number of nitrogens with zero attached hydrogens (tertiary/aromatic N) is 1. The number of carbonyl (C=O) groups is 2. The summed E-state index contributed by atoms with van der Waals surface area (Å²) in [7, 11) is 0. The molecule has 1 aliphatic carbocycles. The van der Waals surface area contributed by atoms with Crippen molar-refractivity contribution in [3.63, 3.8) is 0 Å². The van der Waals surface area contributed by atoms with E-state index in [-0.39, 0.29) is 11.8 Å². The van der Waals surface area contributed by atoms with Gasteiger partial charge in [-0.2, -0.15) is 0 Å². The predicted octanol–water partition coefficient (Wildman–Crippen LogP) is 3.53. The van der Waals surface area contributed by atoms with E-state index in [4.69, 9.17) is 0 Å². The SMILES string of the molecule is Cc1cccc(NC(=O)C[C@@H]2C=CCC2)c1C(=O)N1CCCC1. The van der Waals surface area contributed by atoms with Gasteiger partial charge in [-0.25, -0.2) is 0 Å². The highest BCUT2D eigenvalue weighted by Crippen LogP contribution is 2.25. The number of aryl methyl sites for hydroxylation is 1. The molecular weight excluding hydrogens is 288 g/mol. The number of nitrogens with one attached hydrogen (secondary N) is 1. The molecule has 4 nitrogen and oxygen atoms in total. The van der Waals surface area contributed by atoms with Gasteiger partial charge in [0.2, 0.25) is 5.91 Å². The van der Waals surface area contributed by atoms with Gasteiger partial charge in [-0.3, -0.25) is 9.59 Å². The first kappa shape index (κ1) is 15.8. The largest absolute Gasteiger partial charge is 0.339 e. The highest BCUT2D eigenvalue weighted by Gasteiger charge is 2.24. The quantitative estimate of drug-likeness (QED) is 0.865. The maximum atomic E-state index is 12.8. The summed E-state index contributed by atoms with van der Waals surface area (Å²) in [6.07, 6.45) is 8.96. The van der Waals surface area contributed by atoms with E-state index in [0.29, 0.717) is 23.6 Å². The van der Waals surface area contributed by atoms with Crippen LogP contribution in [0.25, 0.3) is 0 Å². The predicted molar refractivity (Wildman–Crippen MR) is 91.4 cm³/mol. The Bertz CT molecular complexity index is 630. The number of anilines is 1. The van der Waals surface area contributed by atoms with Crippen LogP contribution in [0, 0.1) is 12.8 Å². The number of allylic oxidation sites excluding steroid dienone is 2. The zero-order chi connectivity index (χ0) is 16.2. The molecule has 0 spiro atoms. The Labute approximate surface area is 137 Å². The molecule has 0 unspecified atom stereocenters. The molecule has 1 heterocycles. The normalized spacial score (nSPS) is 20.0. The molecule has 0 aromatic heterocycles. The molecule has 0 bridgehead atoms. The fourth-order valence-corrected chi connectivity index (χ4v) is 3.44. The second kappa shape index (κ2) is 6.99. The second-order valence-electron chi connectivity index (χ2n) is 6.51. The van der Waals surface area contributed by atoms with E-state index in [1.165, 1.54) is 0 Å². The van der Waals surface area contributed by atoms with E-state index in [2.05, 4.69) is 17.5 Å². The van der Waals surface area contributed by atoms with E-state index >= 15 is 0 Å². The molecule has 1 aromatic rings. The Morgan fingerprint density at radius 2 is 2.04 bits per heavy atom. The molecule has 23 heavy (non-hydrogen) atoms. The van der Waals surface area contributed by atoms with Gasteiger partial charge in [-0.1, -0.05) is 24.3 Å². The number of amides is 2. The van der Waals surface area contributed by atoms with Crippen LogP contribution in [0.3, 0.4) is 0 Å². The van der Waals surface area contributed by atoms with Crippen LogP contribution in [0.4, 0.5) is 5.69 Å². The smallest absolute Gasteiger partial charge is 0.256 e. The van der Waals surface area contributed by atoms with Gasteiger partial charge in [0, 0.05) is 19.5 Å². The van der Waals surface area contributed by atoms with E-state index in [0.717, 1.165) is 44.3 Å². The van der Waals surface area contributed by atoms with Crippen molar-refractivity contribution < 1.29 is 9.59 Å². The lowest BCUT2D eigenvalue weighted by molar-refractivity contribution is -0.116. The van der Waals surface area contributed by atoms with E-state index in [1.807, 2.05) is 30.0 Å². The third kappa shape index (κ3) is 3.63. The van der Waals surface area contributed by atoms with E-state index < -0.39 is 0 Å². The standard InChI is InChI=1S/C19H24N2O2/c1-14-7-6-10-16(18(14)19(23)21-11-4-5-12-21)20-17(22)13-15-8-2-3-9-15/h2,6-8,10,15H,3-5,9,11-13H2,1H3,(H,20,22)/t15-/m1/s1. The molecule has 1 saturated heterocycles. The van der Waals surface area contributed by atoms with Gasteiger partial charge >= 0.3 is 0 Å². The van der Waals surface area contributed by atoms with Gasteiger partial charge in [0.25, 0.3) is 5.91 Å². The highest BCUT2D eigenvalue weighted by atomic mass is 16.2. The van der Waals surface area contributed by atoms with Crippen LogP contribution in [0.5, 0.6) is 0 Å². The molecule has 3 rings (SSSR count). The fraction of sp³-hybridized carbons (Fsp3) is 0.474. The number of hydrogen-bond donors (Lipinski definition) is 1. The van der Waals surface area contributed by atoms with Crippen LogP contribution in [0.15, 0.2) is 30.4 Å². The summed E-state index contributed by atoms with van der Waals surface area (Å²) < 4.78 is 0. The zero-order valence-corrected chi connectivity index (χ0v) is 13.7. The van der Waals surface area contributed by atoms with Crippen LogP contribution >= 0.6 is 0 Å². The molecule has 0 saturated carbocycles. The minimum atomic E-state index is -0.0115. The average Bonchev–Trinajstić information content (AvgIpc) is 3.20. The van der Waals surface area contributed by atoms with Crippen LogP contribution in [-0.2, 0) is 4.79 Å². The summed E-state index contributed by atoms with van der Waals surface area (Å²) in [6.45, 7) is 3.56. The van der Waals surface area contributed by atoms with Crippen molar-refractivity contribution in [3.05, 3.63) is 41.5 Å². The second-order valence-corrected chi connectivity index (χ2v) is 6.51. The molecule has 1 N–H and O–H groups in total. The lowest BCUT2D eigenvalue weighted by Crippen LogP contribution is -2.29. The Morgan fingerprint density at radius 1 is 1.26 bits per heavy atom. The van der Waals surface area contributed by atoms with Crippen molar-refractivity contribution in [2.75, 3.05) is 18.4 Å². The lowest BCUT2D eigenvalue weighted by atomic mass is 10.0. The minimum Gasteiger partial charge on any atom is -0.339 e. The average molecular weight is 312 g/mol. The van der Waals surface area contributed by atoms with E-state index in [1.54, 1.807) is 0 Å². The van der Waals surface area contributed by atoms with E-state index in [9.17, 15) is 9.59 Å². The first-order valence-electron chi connectivity index (χ1n) is 8.50. The summed E-state index contributed by atoms with van der Waals surface area (Å²) in [6, 6.07) is 5.65. The first-order chi connectivity index (χ1) is 11.1. The third-order valence-electron chi connectivity index (χ3n) is 4.71. The Balaban J connectivity index is 1.75. The number of likely N-dealkylation sites (tertiary alicyclic amines) is 1. The summed E-state index contributed by atoms with van der Waals surface area (Å²) in [4.78, 5) is 27.0. The molecule has 2 amide bonds. The maximum absolute atomic E-state index is 12.8. The highest BCUT2D eigenvalue weighted by molar-refractivity contribution is 6.05. The molecular formula is C19H24N2O2. The summed E-state index contributed by atoms with van der Waals surface area (Å²) >= 11 is 0. The number of carbonyl (C=O) groups excluding carboxylic acids is 2. The van der Waals surface area contributed by atoms with Crippen LogP contribution in [-0.4, -0.2) is 29.8 Å². The van der Waals surface area contributed by atoms with Gasteiger partial charge in [-0.15, -0.1) is 0 Å². The molecule has 122 valence electrons. The fourth-order valence-electron chi connectivity index (χ4n) is 3.44. The lowest BCUT2D eigenvalue weighted by Gasteiger charge is -2.20. The Morgan fingerprint density at radius 3 is 2.74 bits per heavy atom. The van der Waals surface area contributed by atoms with Gasteiger partial charge in [0.1, 0.15) is 0 Å².